The number of H-pyrrole nitrogens is 1. The van der Waals surface area contributed by atoms with E-state index in [4.69, 9.17) is 4.74 Å². The predicted molar refractivity (Wildman–Crippen MR) is 173 cm³/mol. The molecule has 42 heavy (non-hydrogen) atoms. The van der Waals surface area contributed by atoms with E-state index >= 15 is 0 Å². The van der Waals surface area contributed by atoms with Gasteiger partial charge in [0.2, 0.25) is 0 Å². The molecule has 0 radical (unpaired) electrons. The minimum atomic E-state index is -0.563. The lowest BCUT2D eigenvalue weighted by atomic mass is 9.76. The Bertz CT molecular complexity index is 1600. The number of hydrogen-bond donors (Lipinski definition) is 3. The van der Waals surface area contributed by atoms with Gasteiger partial charge in [0.25, 0.3) is 0 Å². The molecule has 0 amide bonds. The molecule has 1 aromatic heterocycles. The second-order valence-corrected chi connectivity index (χ2v) is 10.7. The molecule has 1 heterocycles. The van der Waals surface area contributed by atoms with Crippen LogP contribution in [-0.4, -0.2) is 24.7 Å². The van der Waals surface area contributed by atoms with Gasteiger partial charge < -0.3 is 15.0 Å². The quantitative estimate of drug-likeness (QED) is 0.138. The molecule has 0 aliphatic heterocycles. The molecular formula is C38H37N3O. The molecule has 0 saturated heterocycles. The summed E-state index contributed by atoms with van der Waals surface area (Å²) in [5.41, 5.74) is 6.65. The molecule has 6 aromatic rings. The fourth-order valence-corrected chi connectivity index (χ4v) is 6.09. The van der Waals surface area contributed by atoms with E-state index < -0.39 is 5.54 Å². The highest BCUT2D eigenvalue weighted by atomic mass is 16.5. The third-order valence-corrected chi connectivity index (χ3v) is 8.08. The molecule has 1 atom stereocenters. The van der Waals surface area contributed by atoms with Crippen LogP contribution in [0.3, 0.4) is 0 Å². The van der Waals surface area contributed by atoms with Crippen LogP contribution in [-0.2, 0) is 18.5 Å². The number of ether oxygens (including phenoxy) is 1. The maximum Gasteiger partial charge on any atom is 0.123 e. The van der Waals surface area contributed by atoms with Crippen LogP contribution in [0.2, 0.25) is 0 Å². The summed E-state index contributed by atoms with van der Waals surface area (Å²) >= 11 is 0. The normalized spacial score (nSPS) is 12.3. The summed E-state index contributed by atoms with van der Waals surface area (Å²) in [7, 11) is 1.73. The van der Waals surface area contributed by atoms with Crippen LogP contribution in [0.1, 0.15) is 27.8 Å². The van der Waals surface area contributed by atoms with E-state index in [0.717, 1.165) is 29.8 Å². The largest absolute Gasteiger partial charge is 0.496 e. The highest BCUT2D eigenvalue weighted by Gasteiger charge is 2.38. The van der Waals surface area contributed by atoms with Crippen LogP contribution in [0.5, 0.6) is 5.75 Å². The minimum Gasteiger partial charge on any atom is -0.496 e. The fourth-order valence-electron chi connectivity index (χ4n) is 6.09. The molecule has 4 nitrogen and oxygen atoms in total. The molecule has 0 fully saturated rings. The van der Waals surface area contributed by atoms with Gasteiger partial charge in [-0.05, 0) is 40.8 Å². The zero-order valence-corrected chi connectivity index (χ0v) is 24.0. The van der Waals surface area contributed by atoms with Crippen molar-refractivity contribution in [1.29, 1.82) is 0 Å². The fraction of sp³-hybridized carbons (Fsp3) is 0.158. The van der Waals surface area contributed by atoms with Crippen molar-refractivity contribution in [3.8, 4) is 5.75 Å². The molecule has 4 heteroatoms. The maximum atomic E-state index is 5.63. The minimum absolute atomic E-state index is 0.0829. The van der Waals surface area contributed by atoms with E-state index in [1.54, 1.807) is 7.11 Å². The van der Waals surface area contributed by atoms with Gasteiger partial charge in [0.05, 0.1) is 12.6 Å². The number of benzene rings is 5. The number of rotatable bonds is 12. The molecule has 0 saturated carbocycles. The molecule has 6 rings (SSSR count). The van der Waals surface area contributed by atoms with Crippen molar-refractivity contribution < 1.29 is 4.74 Å². The van der Waals surface area contributed by atoms with E-state index in [1.807, 2.05) is 12.1 Å². The molecule has 0 aliphatic rings. The van der Waals surface area contributed by atoms with Crippen molar-refractivity contribution in [3.63, 3.8) is 0 Å². The number of nitrogens with one attached hydrogen (secondary N) is 3. The molecule has 3 N–H and O–H groups in total. The average Bonchev–Trinajstić information content (AvgIpc) is 3.47. The van der Waals surface area contributed by atoms with Gasteiger partial charge in [-0.15, -0.1) is 0 Å². The Morgan fingerprint density at radius 1 is 0.643 bits per heavy atom. The van der Waals surface area contributed by atoms with Crippen molar-refractivity contribution >= 4 is 10.9 Å². The number of hydrogen-bond acceptors (Lipinski definition) is 3. The van der Waals surface area contributed by atoms with E-state index in [9.17, 15) is 0 Å². The highest BCUT2D eigenvalue weighted by molar-refractivity contribution is 5.83. The molecule has 5 aromatic carbocycles. The number of para-hydroxylation sites is 2. The van der Waals surface area contributed by atoms with Crippen molar-refractivity contribution in [1.82, 2.24) is 15.6 Å². The van der Waals surface area contributed by atoms with Crippen LogP contribution in [0.4, 0.5) is 0 Å². The summed E-state index contributed by atoms with van der Waals surface area (Å²) in [5.74, 6) is 0.901. The lowest BCUT2D eigenvalue weighted by molar-refractivity contribution is 0.369. The summed E-state index contributed by atoms with van der Waals surface area (Å²) in [4.78, 5) is 3.48. The Hall–Kier alpha value is -4.64. The third kappa shape index (κ3) is 5.73. The monoisotopic (exact) mass is 551 g/mol. The Morgan fingerprint density at radius 3 is 1.81 bits per heavy atom. The van der Waals surface area contributed by atoms with E-state index in [1.165, 1.54) is 27.6 Å². The average molecular weight is 552 g/mol. The lowest BCUT2D eigenvalue weighted by Gasteiger charge is -2.40. The van der Waals surface area contributed by atoms with Crippen LogP contribution >= 0.6 is 0 Å². The third-order valence-electron chi connectivity index (χ3n) is 8.08. The summed E-state index contributed by atoms with van der Waals surface area (Å²) in [5, 5.41) is 9.25. The van der Waals surface area contributed by atoms with Crippen molar-refractivity contribution in [3.05, 3.63) is 174 Å². The van der Waals surface area contributed by atoms with Crippen LogP contribution < -0.4 is 15.4 Å². The van der Waals surface area contributed by atoms with Gasteiger partial charge in [-0.3, -0.25) is 5.32 Å². The zero-order valence-electron chi connectivity index (χ0n) is 24.0. The first-order valence-corrected chi connectivity index (χ1v) is 14.6. The number of methoxy groups -OCH3 is 1. The maximum absolute atomic E-state index is 5.63. The first kappa shape index (κ1) is 27.5. The second kappa shape index (κ2) is 12.9. The number of aromatic amines is 1. The van der Waals surface area contributed by atoms with Gasteiger partial charge in [-0.25, -0.2) is 0 Å². The van der Waals surface area contributed by atoms with E-state index in [0.29, 0.717) is 6.54 Å². The second-order valence-electron chi connectivity index (χ2n) is 10.7. The molecule has 0 bridgehead atoms. The topological polar surface area (TPSA) is 49.1 Å². The van der Waals surface area contributed by atoms with Gasteiger partial charge >= 0.3 is 0 Å². The summed E-state index contributed by atoms with van der Waals surface area (Å²) in [6.07, 6.45) is 3.01. The summed E-state index contributed by atoms with van der Waals surface area (Å²) in [6, 6.07) is 49.3. The highest BCUT2D eigenvalue weighted by Crippen LogP contribution is 2.37. The molecular weight excluding hydrogens is 514 g/mol. The molecule has 210 valence electrons. The van der Waals surface area contributed by atoms with Gasteiger partial charge in [-0.2, -0.15) is 0 Å². The Kier molecular flexibility index (Phi) is 8.46. The first-order valence-electron chi connectivity index (χ1n) is 14.6. The van der Waals surface area contributed by atoms with E-state index in [-0.39, 0.29) is 6.04 Å². The number of aromatic nitrogens is 1. The zero-order chi connectivity index (χ0) is 28.6. The smallest absolute Gasteiger partial charge is 0.123 e. The Balaban J connectivity index is 1.42. The lowest BCUT2D eigenvalue weighted by Crippen LogP contribution is -2.53. The van der Waals surface area contributed by atoms with Gasteiger partial charge in [0.15, 0.2) is 0 Å². The van der Waals surface area contributed by atoms with Crippen molar-refractivity contribution in [2.75, 3.05) is 13.7 Å². The summed E-state index contributed by atoms with van der Waals surface area (Å²) < 4.78 is 5.63. The van der Waals surface area contributed by atoms with Crippen molar-refractivity contribution in [2.24, 2.45) is 0 Å². The standard InChI is InChI=1S/C38H37N3O/c1-42-37-24-14-11-15-29(37)26-39-28-34(25-30-27-40-36-23-13-12-22-35(30)36)41-38(31-16-5-2-6-17-31,32-18-7-3-8-19-32)33-20-9-4-10-21-33/h2-24,27,34,39-41H,25-26,28H2,1H3. The van der Waals surface area contributed by atoms with Crippen LogP contribution in [0.15, 0.2) is 146 Å². The molecule has 0 spiro atoms. The molecule has 0 aliphatic carbocycles. The Labute approximate surface area is 248 Å². The van der Waals surface area contributed by atoms with Gasteiger partial charge in [-0.1, -0.05) is 127 Å². The first-order chi connectivity index (χ1) is 20.8. The Morgan fingerprint density at radius 2 is 1.19 bits per heavy atom. The van der Waals surface area contributed by atoms with Crippen LogP contribution in [0, 0.1) is 0 Å². The van der Waals surface area contributed by atoms with Gasteiger partial charge in [0, 0.05) is 41.8 Å². The van der Waals surface area contributed by atoms with Crippen LogP contribution in [0.25, 0.3) is 10.9 Å². The van der Waals surface area contributed by atoms with Gasteiger partial charge in [0.1, 0.15) is 5.75 Å². The SMILES string of the molecule is COc1ccccc1CNCC(Cc1c[nH]c2ccccc12)NC(c1ccccc1)(c1ccccc1)c1ccccc1. The predicted octanol–water partition coefficient (Wildman–Crippen LogP) is 7.46. The molecule has 1 unspecified atom stereocenters. The van der Waals surface area contributed by atoms with E-state index in [2.05, 4.69) is 149 Å². The summed E-state index contributed by atoms with van der Waals surface area (Å²) in [6.45, 7) is 1.47. The van der Waals surface area contributed by atoms with Crippen molar-refractivity contribution in [2.45, 2.75) is 24.5 Å². The number of fused-ring (bicyclic) bond motifs is 1.